The van der Waals surface area contributed by atoms with Crippen LogP contribution in [-0.4, -0.2) is 18.7 Å². The fourth-order valence-corrected chi connectivity index (χ4v) is 3.42. The van der Waals surface area contributed by atoms with E-state index in [0.29, 0.717) is 5.56 Å². The van der Waals surface area contributed by atoms with Crippen LogP contribution in [0.1, 0.15) is 24.2 Å². The highest BCUT2D eigenvalue weighted by Crippen LogP contribution is 2.51. The zero-order valence-corrected chi connectivity index (χ0v) is 12.4. The van der Waals surface area contributed by atoms with Crippen molar-refractivity contribution in [3.05, 3.63) is 48.0 Å². The fourth-order valence-electron chi connectivity index (χ4n) is 1.97. The minimum atomic E-state index is -3.75. The van der Waals surface area contributed by atoms with E-state index in [1.54, 1.807) is 26.0 Å². The number of rotatable bonds is 6. The second-order valence-electron chi connectivity index (χ2n) is 4.20. The summed E-state index contributed by atoms with van der Waals surface area (Å²) < 4.78 is 22.6. The lowest BCUT2D eigenvalue weighted by molar-refractivity contribution is 0.100. The van der Waals surface area contributed by atoms with Crippen molar-refractivity contribution >= 4 is 23.9 Å². The van der Waals surface area contributed by atoms with E-state index in [1.165, 1.54) is 0 Å². The van der Waals surface area contributed by atoms with Crippen LogP contribution in [0.2, 0.25) is 0 Å². The number of carbonyl (C=O) groups excluding carboxylic acids is 1. The van der Waals surface area contributed by atoms with Crippen molar-refractivity contribution in [1.82, 2.24) is 0 Å². The van der Waals surface area contributed by atoms with Crippen LogP contribution in [0.25, 0.3) is 10.8 Å². The molecule has 4 nitrogen and oxygen atoms in total. The molecule has 106 valence electrons. The lowest BCUT2D eigenvalue weighted by Gasteiger charge is -2.15. The second kappa shape index (κ2) is 6.31. The van der Waals surface area contributed by atoms with Gasteiger partial charge in [-0.1, -0.05) is 36.4 Å². The first-order chi connectivity index (χ1) is 9.60. The minimum absolute atomic E-state index is 0.163. The Morgan fingerprint density at radius 1 is 1.00 bits per heavy atom. The molecule has 0 aliphatic carbocycles. The molecule has 2 rings (SSSR count). The molecule has 0 saturated carbocycles. The van der Waals surface area contributed by atoms with Gasteiger partial charge in [0.25, 0.3) is 5.52 Å². The van der Waals surface area contributed by atoms with Gasteiger partial charge < -0.3 is 9.05 Å². The Balaban J connectivity index is 2.41. The van der Waals surface area contributed by atoms with Gasteiger partial charge in [0.05, 0.1) is 13.2 Å². The Bertz CT molecular complexity index is 656. The molecular weight excluding hydrogens is 275 g/mol. The molecule has 0 N–H and O–H groups in total. The van der Waals surface area contributed by atoms with Gasteiger partial charge in [0.15, 0.2) is 0 Å². The molecule has 0 heterocycles. The van der Waals surface area contributed by atoms with Crippen molar-refractivity contribution < 1.29 is 18.4 Å². The topological polar surface area (TPSA) is 52.6 Å². The Labute approximate surface area is 118 Å². The van der Waals surface area contributed by atoms with Gasteiger partial charge in [-0.3, -0.25) is 9.36 Å². The summed E-state index contributed by atoms with van der Waals surface area (Å²) in [4.78, 5) is 12.4. The van der Waals surface area contributed by atoms with Crippen LogP contribution >= 0.6 is 7.60 Å². The number of carbonyl (C=O) groups is 1. The smallest absolute Gasteiger partial charge is 0.303 e. The average molecular weight is 292 g/mol. The molecule has 20 heavy (non-hydrogen) atoms. The maximum Gasteiger partial charge on any atom is 0.401 e. The lowest BCUT2D eigenvalue weighted by atomic mass is 10.1. The monoisotopic (exact) mass is 292 g/mol. The molecule has 2 aromatic rings. The number of hydrogen-bond donors (Lipinski definition) is 0. The van der Waals surface area contributed by atoms with Gasteiger partial charge in [0.1, 0.15) is 0 Å². The van der Waals surface area contributed by atoms with E-state index in [4.69, 9.17) is 9.05 Å². The summed E-state index contributed by atoms with van der Waals surface area (Å²) in [6.45, 7) is 3.69. The molecular formula is C15H17O4P. The first-order valence-corrected chi connectivity index (χ1v) is 8.08. The van der Waals surface area contributed by atoms with Crippen molar-refractivity contribution in [2.75, 3.05) is 13.2 Å². The highest BCUT2D eigenvalue weighted by atomic mass is 31.2. The quantitative estimate of drug-likeness (QED) is 0.747. The summed E-state index contributed by atoms with van der Waals surface area (Å²) >= 11 is 0. The summed E-state index contributed by atoms with van der Waals surface area (Å²) in [6.07, 6.45) is 0. The van der Waals surface area contributed by atoms with E-state index < -0.39 is 13.1 Å². The van der Waals surface area contributed by atoms with Gasteiger partial charge in [0, 0.05) is 5.56 Å². The Morgan fingerprint density at radius 2 is 1.60 bits per heavy atom. The lowest BCUT2D eigenvalue weighted by Crippen LogP contribution is -2.07. The summed E-state index contributed by atoms with van der Waals surface area (Å²) in [7, 11) is -3.75. The molecule has 2 aromatic carbocycles. The maximum atomic E-state index is 12.5. The second-order valence-corrected chi connectivity index (χ2v) is 6.12. The third kappa shape index (κ3) is 2.98. The largest absolute Gasteiger partial charge is 0.401 e. The summed E-state index contributed by atoms with van der Waals surface area (Å²) in [6, 6.07) is 12.9. The molecule has 0 amide bonds. The van der Waals surface area contributed by atoms with Crippen molar-refractivity contribution in [3.63, 3.8) is 0 Å². The summed E-state index contributed by atoms with van der Waals surface area (Å²) in [5.74, 6) is 0. The van der Waals surface area contributed by atoms with Crippen LogP contribution in [0.5, 0.6) is 0 Å². The third-order valence-corrected chi connectivity index (χ3v) is 4.80. The zero-order valence-electron chi connectivity index (χ0n) is 11.5. The van der Waals surface area contributed by atoms with Crippen molar-refractivity contribution in [1.29, 1.82) is 0 Å². The Kier molecular flexibility index (Phi) is 4.71. The molecule has 0 aliphatic heterocycles. The highest BCUT2D eigenvalue weighted by Gasteiger charge is 2.35. The van der Waals surface area contributed by atoms with Crippen molar-refractivity contribution in [2.45, 2.75) is 13.8 Å². The van der Waals surface area contributed by atoms with Crippen LogP contribution in [0.4, 0.5) is 0 Å². The van der Waals surface area contributed by atoms with Crippen LogP contribution in [-0.2, 0) is 13.6 Å². The highest BCUT2D eigenvalue weighted by molar-refractivity contribution is 7.72. The van der Waals surface area contributed by atoms with Crippen LogP contribution in [0, 0.1) is 0 Å². The van der Waals surface area contributed by atoms with Crippen LogP contribution < -0.4 is 0 Å². The van der Waals surface area contributed by atoms with Gasteiger partial charge in [0.2, 0.25) is 0 Å². The SMILES string of the molecule is CCOP(=O)(OCC)C(=O)c1ccc2ccccc2c1. The Morgan fingerprint density at radius 3 is 2.20 bits per heavy atom. The number of hydrogen-bond acceptors (Lipinski definition) is 4. The fraction of sp³-hybridized carbons (Fsp3) is 0.267. The average Bonchev–Trinajstić information content (AvgIpc) is 2.46. The first kappa shape index (κ1) is 14.9. The maximum absolute atomic E-state index is 12.5. The van der Waals surface area contributed by atoms with Crippen LogP contribution in [0.3, 0.4) is 0 Å². The van der Waals surface area contributed by atoms with E-state index in [2.05, 4.69) is 0 Å². The zero-order chi connectivity index (χ0) is 14.6. The molecule has 0 aromatic heterocycles. The number of benzene rings is 2. The molecule has 5 heteroatoms. The molecule has 0 bridgehead atoms. The van der Waals surface area contributed by atoms with Gasteiger partial charge >= 0.3 is 7.60 Å². The van der Waals surface area contributed by atoms with E-state index >= 15 is 0 Å². The molecule has 0 radical (unpaired) electrons. The van der Waals surface area contributed by atoms with E-state index in [1.807, 2.05) is 30.3 Å². The van der Waals surface area contributed by atoms with Crippen LogP contribution in [0.15, 0.2) is 42.5 Å². The predicted octanol–water partition coefficient (Wildman–Crippen LogP) is 4.25. The molecule has 0 saturated heterocycles. The molecule has 0 aliphatic rings. The molecule has 0 fully saturated rings. The van der Waals surface area contributed by atoms with E-state index in [0.717, 1.165) is 10.8 Å². The summed E-state index contributed by atoms with van der Waals surface area (Å²) in [5.41, 5.74) is -0.249. The standard InChI is InChI=1S/C15H17O4P/c1-3-18-20(17,19-4-2)15(16)14-10-9-12-7-5-6-8-13(12)11-14/h5-11H,3-4H2,1-2H3. The molecule has 0 atom stereocenters. The third-order valence-electron chi connectivity index (χ3n) is 2.84. The van der Waals surface area contributed by atoms with E-state index in [-0.39, 0.29) is 13.2 Å². The van der Waals surface area contributed by atoms with E-state index in [9.17, 15) is 9.36 Å². The first-order valence-electron chi connectivity index (χ1n) is 6.53. The molecule has 0 unspecified atom stereocenters. The normalized spacial score (nSPS) is 11.7. The van der Waals surface area contributed by atoms with Gasteiger partial charge in [-0.15, -0.1) is 0 Å². The van der Waals surface area contributed by atoms with Gasteiger partial charge in [-0.25, -0.2) is 0 Å². The predicted molar refractivity (Wildman–Crippen MR) is 79.1 cm³/mol. The summed E-state index contributed by atoms with van der Waals surface area (Å²) in [5, 5.41) is 1.93. The van der Waals surface area contributed by atoms with Gasteiger partial charge in [-0.05, 0) is 30.7 Å². The van der Waals surface area contributed by atoms with Crippen molar-refractivity contribution in [2.24, 2.45) is 0 Å². The Hall–Kier alpha value is -1.48. The number of fused-ring (bicyclic) bond motifs is 1. The molecule has 0 spiro atoms. The van der Waals surface area contributed by atoms with Gasteiger partial charge in [-0.2, -0.15) is 0 Å². The minimum Gasteiger partial charge on any atom is -0.303 e. The van der Waals surface area contributed by atoms with Crippen molar-refractivity contribution in [3.8, 4) is 0 Å².